The predicted octanol–water partition coefficient (Wildman–Crippen LogP) is 2.53. The Bertz CT molecular complexity index is 532. The molecule has 1 rings (SSSR count). The van der Waals surface area contributed by atoms with Crippen molar-refractivity contribution >= 4 is 33.2 Å². The molecule has 0 aliphatic rings. The van der Waals surface area contributed by atoms with Gasteiger partial charge in [0, 0.05) is 13.6 Å². The maximum atomic E-state index is 12.1. The van der Waals surface area contributed by atoms with Gasteiger partial charge in [-0.25, -0.2) is 12.7 Å². The van der Waals surface area contributed by atoms with Crippen molar-refractivity contribution in [3.05, 3.63) is 33.8 Å². The Morgan fingerprint density at radius 1 is 1.32 bits per heavy atom. The largest absolute Gasteiger partial charge is 0.393 e. The second-order valence-electron chi connectivity index (χ2n) is 4.46. The number of hydrogen-bond donors (Lipinski definition) is 1. The molecule has 1 N–H and O–H groups in total. The number of nitrogens with zero attached hydrogens (tertiary/aromatic N) is 1. The topological polar surface area (TPSA) is 57.6 Å². The highest BCUT2D eigenvalue weighted by atomic mass is 35.5. The summed E-state index contributed by atoms with van der Waals surface area (Å²) in [6.07, 6.45) is -0.125. The number of benzene rings is 1. The highest BCUT2D eigenvalue weighted by Crippen LogP contribution is 2.24. The zero-order valence-corrected chi connectivity index (χ0v) is 13.1. The minimum atomic E-state index is -3.42. The van der Waals surface area contributed by atoms with Gasteiger partial charge in [-0.05, 0) is 31.0 Å². The third kappa shape index (κ3) is 5.28. The molecule has 1 atom stereocenters. The number of aliphatic hydroxyl groups excluding tert-OH is 1. The lowest BCUT2D eigenvalue weighted by Crippen LogP contribution is -2.30. The highest BCUT2D eigenvalue weighted by molar-refractivity contribution is 7.88. The van der Waals surface area contributed by atoms with Crippen LogP contribution in [0.15, 0.2) is 18.2 Å². The molecule has 4 nitrogen and oxygen atoms in total. The minimum absolute atomic E-state index is 0.139. The molecule has 0 fully saturated rings. The molecule has 0 heterocycles. The van der Waals surface area contributed by atoms with Crippen molar-refractivity contribution in [2.24, 2.45) is 0 Å². The number of hydrogen-bond acceptors (Lipinski definition) is 3. The minimum Gasteiger partial charge on any atom is -0.393 e. The molecule has 0 amide bonds. The van der Waals surface area contributed by atoms with E-state index in [9.17, 15) is 13.5 Å². The van der Waals surface area contributed by atoms with Gasteiger partial charge >= 0.3 is 0 Å². The van der Waals surface area contributed by atoms with Crippen LogP contribution in [0.4, 0.5) is 0 Å². The summed E-state index contributed by atoms with van der Waals surface area (Å²) < 4.78 is 25.4. The SMILES string of the molecule is C[C@@H](O)CCN(C)S(=O)(=O)Cc1ccc(Cl)c(Cl)c1. The van der Waals surface area contributed by atoms with Gasteiger partial charge in [-0.3, -0.25) is 0 Å². The van der Waals surface area contributed by atoms with Gasteiger partial charge < -0.3 is 5.11 Å². The van der Waals surface area contributed by atoms with Crippen LogP contribution in [0, 0.1) is 0 Å². The Kier molecular flexibility index (Phi) is 6.08. The maximum absolute atomic E-state index is 12.1. The van der Waals surface area contributed by atoms with Crippen molar-refractivity contribution in [2.45, 2.75) is 25.2 Å². The van der Waals surface area contributed by atoms with Gasteiger partial charge in [0.25, 0.3) is 0 Å². The number of halogens is 2. The van der Waals surface area contributed by atoms with E-state index in [1.165, 1.54) is 11.4 Å². The second-order valence-corrected chi connectivity index (χ2v) is 7.35. The van der Waals surface area contributed by atoms with Crippen molar-refractivity contribution in [1.82, 2.24) is 4.31 Å². The van der Waals surface area contributed by atoms with E-state index in [0.717, 1.165) is 0 Å². The first-order chi connectivity index (χ1) is 8.72. The summed E-state index contributed by atoms with van der Waals surface area (Å²) in [7, 11) is -1.92. The summed E-state index contributed by atoms with van der Waals surface area (Å²) in [5, 5.41) is 9.90. The number of aliphatic hydroxyl groups is 1. The molecule has 0 bridgehead atoms. The van der Waals surface area contributed by atoms with E-state index in [1.807, 2.05) is 0 Å². The average molecular weight is 326 g/mol. The molecule has 1 aromatic rings. The molecule has 0 radical (unpaired) electrons. The number of sulfonamides is 1. The monoisotopic (exact) mass is 325 g/mol. The van der Waals surface area contributed by atoms with E-state index < -0.39 is 16.1 Å². The van der Waals surface area contributed by atoms with Crippen molar-refractivity contribution in [3.8, 4) is 0 Å². The first kappa shape index (κ1) is 16.7. The van der Waals surface area contributed by atoms with Crippen LogP contribution < -0.4 is 0 Å². The van der Waals surface area contributed by atoms with Crippen molar-refractivity contribution < 1.29 is 13.5 Å². The van der Waals surface area contributed by atoms with Crippen LogP contribution in [0.1, 0.15) is 18.9 Å². The van der Waals surface area contributed by atoms with Crippen molar-refractivity contribution in [1.29, 1.82) is 0 Å². The Morgan fingerprint density at radius 2 is 1.95 bits per heavy atom. The highest BCUT2D eigenvalue weighted by Gasteiger charge is 2.19. The summed E-state index contributed by atoms with van der Waals surface area (Å²) in [5.74, 6) is -0.139. The zero-order valence-electron chi connectivity index (χ0n) is 10.8. The Hall–Kier alpha value is -0.330. The Labute approximate surface area is 124 Å². The van der Waals surface area contributed by atoms with E-state index in [2.05, 4.69) is 0 Å². The molecule has 0 aliphatic heterocycles. The summed E-state index contributed by atoms with van der Waals surface area (Å²) in [6.45, 7) is 1.90. The smallest absolute Gasteiger partial charge is 0.218 e. The third-order valence-corrected chi connectivity index (χ3v) is 5.24. The lowest BCUT2D eigenvalue weighted by atomic mass is 10.2. The lowest BCUT2D eigenvalue weighted by Gasteiger charge is -2.18. The normalized spacial score (nSPS) is 13.8. The lowest BCUT2D eigenvalue weighted by molar-refractivity contribution is 0.177. The van der Waals surface area contributed by atoms with Crippen LogP contribution >= 0.6 is 23.2 Å². The molecular weight excluding hydrogens is 309 g/mol. The maximum Gasteiger partial charge on any atom is 0.218 e. The fraction of sp³-hybridized carbons (Fsp3) is 0.500. The summed E-state index contributed by atoms with van der Waals surface area (Å²) >= 11 is 11.6. The molecule has 7 heteroatoms. The summed E-state index contributed by atoms with van der Waals surface area (Å²) in [5.41, 5.74) is 0.582. The molecule has 19 heavy (non-hydrogen) atoms. The second kappa shape index (κ2) is 6.90. The molecule has 108 valence electrons. The molecular formula is C12H17Cl2NO3S. The zero-order chi connectivity index (χ0) is 14.6. The van der Waals surface area contributed by atoms with Crippen LogP contribution in [0.25, 0.3) is 0 Å². The van der Waals surface area contributed by atoms with Crippen LogP contribution in [-0.2, 0) is 15.8 Å². The molecule has 0 aromatic heterocycles. The van der Waals surface area contributed by atoms with Gasteiger partial charge in [-0.1, -0.05) is 29.3 Å². The first-order valence-electron chi connectivity index (χ1n) is 5.78. The van der Waals surface area contributed by atoms with E-state index in [0.29, 0.717) is 22.0 Å². The van der Waals surface area contributed by atoms with Crippen LogP contribution in [0.5, 0.6) is 0 Å². The van der Waals surface area contributed by atoms with Crippen LogP contribution in [0.3, 0.4) is 0 Å². The van der Waals surface area contributed by atoms with Crippen LogP contribution in [0.2, 0.25) is 10.0 Å². The first-order valence-corrected chi connectivity index (χ1v) is 8.15. The van der Waals surface area contributed by atoms with Gasteiger partial charge in [-0.15, -0.1) is 0 Å². The Balaban J connectivity index is 2.75. The molecule has 0 saturated heterocycles. The fourth-order valence-corrected chi connectivity index (χ4v) is 2.98. The van der Waals surface area contributed by atoms with E-state index in [-0.39, 0.29) is 12.3 Å². The predicted molar refractivity (Wildman–Crippen MR) is 78.0 cm³/mol. The van der Waals surface area contributed by atoms with Gasteiger partial charge in [0.2, 0.25) is 10.0 Å². The van der Waals surface area contributed by atoms with Gasteiger partial charge in [0.1, 0.15) is 0 Å². The number of rotatable bonds is 6. The standard InChI is InChI=1S/C12H17Cl2NO3S/c1-9(16)5-6-15(2)19(17,18)8-10-3-4-11(13)12(14)7-10/h3-4,7,9,16H,5-6,8H2,1-2H3/t9-/m1/s1. The molecule has 1 aromatic carbocycles. The quantitative estimate of drug-likeness (QED) is 0.874. The fourth-order valence-electron chi connectivity index (χ4n) is 1.46. The summed E-state index contributed by atoms with van der Waals surface area (Å²) in [4.78, 5) is 0. The van der Waals surface area contributed by atoms with Crippen LogP contribution in [-0.4, -0.2) is 37.5 Å². The van der Waals surface area contributed by atoms with Crippen molar-refractivity contribution in [2.75, 3.05) is 13.6 Å². The van der Waals surface area contributed by atoms with Gasteiger partial charge in [0.15, 0.2) is 0 Å². The Morgan fingerprint density at radius 3 is 2.47 bits per heavy atom. The van der Waals surface area contributed by atoms with Gasteiger partial charge in [0.05, 0.1) is 21.9 Å². The molecule has 0 aliphatic carbocycles. The van der Waals surface area contributed by atoms with E-state index >= 15 is 0 Å². The van der Waals surface area contributed by atoms with E-state index in [4.69, 9.17) is 23.2 Å². The molecule has 0 unspecified atom stereocenters. The summed E-state index contributed by atoms with van der Waals surface area (Å²) in [6, 6.07) is 4.75. The van der Waals surface area contributed by atoms with E-state index in [1.54, 1.807) is 25.1 Å². The average Bonchev–Trinajstić information content (AvgIpc) is 2.30. The van der Waals surface area contributed by atoms with Gasteiger partial charge in [-0.2, -0.15) is 0 Å². The molecule has 0 saturated carbocycles. The third-order valence-electron chi connectivity index (χ3n) is 2.67. The van der Waals surface area contributed by atoms with Crippen molar-refractivity contribution in [3.63, 3.8) is 0 Å². The molecule has 0 spiro atoms.